The Hall–Kier alpha value is -3.87. The summed E-state index contributed by atoms with van der Waals surface area (Å²) in [5.41, 5.74) is 1.35. The molecule has 36 heavy (non-hydrogen) atoms. The molecule has 1 saturated carbocycles. The van der Waals surface area contributed by atoms with E-state index in [1.54, 1.807) is 43.9 Å². The summed E-state index contributed by atoms with van der Waals surface area (Å²) in [4.78, 5) is 35.7. The highest BCUT2D eigenvalue weighted by Crippen LogP contribution is 2.37. The second kappa shape index (κ2) is 8.36. The lowest BCUT2D eigenvalue weighted by molar-refractivity contribution is -0.274. The van der Waals surface area contributed by atoms with Crippen molar-refractivity contribution in [2.75, 3.05) is 19.4 Å². The van der Waals surface area contributed by atoms with Crippen molar-refractivity contribution in [3.05, 3.63) is 42.0 Å². The normalized spacial score (nSPS) is 14.6. The van der Waals surface area contributed by atoms with Gasteiger partial charge in [-0.1, -0.05) is 11.3 Å². The Morgan fingerprint density at radius 1 is 1.11 bits per heavy atom. The van der Waals surface area contributed by atoms with Crippen molar-refractivity contribution in [3.8, 4) is 5.75 Å². The van der Waals surface area contributed by atoms with Gasteiger partial charge < -0.3 is 24.8 Å². The Labute approximate surface area is 206 Å². The number of likely N-dealkylation sites (N-methyl/N-ethyl adjacent to an activating group) is 1. The number of anilines is 2. The Kier molecular flexibility index (Phi) is 5.54. The van der Waals surface area contributed by atoms with Crippen molar-refractivity contribution in [1.29, 1.82) is 0 Å². The molecule has 0 spiro atoms. The summed E-state index contributed by atoms with van der Waals surface area (Å²) in [5, 5.41) is 6.38. The number of thiazole rings is 1. The maximum absolute atomic E-state index is 12.8. The largest absolute Gasteiger partial charge is 0.573 e. The summed E-state index contributed by atoms with van der Waals surface area (Å²) >= 11 is 1.15. The molecule has 2 heterocycles. The number of nitrogens with one attached hydrogen (secondary N) is 2. The second-order valence-corrected chi connectivity index (χ2v) is 9.79. The first-order valence-electron chi connectivity index (χ1n) is 10.9. The maximum atomic E-state index is 12.8. The first-order valence-corrected chi connectivity index (χ1v) is 11.7. The molecule has 2 N–H and O–H groups in total. The van der Waals surface area contributed by atoms with Gasteiger partial charge in [-0.25, -0.2) is 9.97 Å². The number of aromatic nitrogens is 3. The Balaban J connectivity index is 1.37. The van der Waals surface area contributed by atoms with Gasteiger partial charge in [-0.3, -0.25) is 9.59 Å². The van der Waals surface area contributed by atoms with Gasteiger partial charge in [0.1, 0.15) is 11.3 Å². The van der Waals surface area contributed by atoms with Crippen LogP contribution in [0.3, 0.4) is 0 Å². The zero-order valence-corrected chi connectivity index (χ0v) is 20.3. The predicted molar refractivity (Wildman–Crippen MR) is 128 cm³/mol. The number of carbonyl (C=O) groups excluding carboxylic acids is 2. The van der Waals surface area contributed by atoms with Crippen LogP contribution in [-0.4, -0.2) is 57.2 Å². The SMILES string of the molecule is CN(C)C(=O)C1(NC(=O)c2ccc3c(c2)nc(Nc2nc4ccc(OC(F)(F)F)cc4s2)n3C)CC1. The fraction of sp³-hybridized carbons (Fsp3) is 0.304. The maximum Gasteiger partial charge on any atom is 0.573 e. The van der Waals surface area contributed by atoms with Gasteiger partial charge in [0.25, 0.3) is 5.91 Å². The third-order valence-electron chi connectivity index (χ3n) is 5.87. The number of hydrogen-bond acceptors (Lipinski definition) is 7. The van der Waals surface area contributed by atoms with E-state index in [0.29, 0.717) is 45.2 Å². The highest BCUT2D eigenvalue weighted by Gasteiger charge is 2.52. The molecule has 0 unspecified atom stereocenters. The number of aryl methyl sites for hydroxylation is 1. The molecule has 1 aliphatic rings. The van der Waals surface area contributed by atoms with Crippen LogP contribution in [0.1, 0.15) is 23.2 Å². The molecule has 0 aliphatic heterocycles. The van der Waals surface area contributed by atoms with E-state index in [9.17, 15) is 22.8 Å². The van der Waals surface area contributed by atoms with Gasteiger partial charge in [-0.2, -0.15) is 0 Å². The number of hydrogen-bond donors (Lipinski definition) is 2. The highest BCUT2D eigenvalue weighted by atomic mass is 32.1. The third kappa shape index (κ3) is 4.53. The molecule has 188 valence electrons. The summed E-state index contributed by atoms with van der Waals surface area (Å²) in [6.45, 7) is 0. The van der Waals surface area contributed by atoms with Gasteiger partial charge in [0.15, 0.2) is 5.13 Å². The van der Waals surface area contributed by atoms with Crippen LogP contribution < -0.4 is 15.4 Å². The number of fused-ring (bicyclic) bond motifs is 2. The average Bonchev–Trinajstić information content (AvgIpc) is 3.36. The van der Waals surface area contributed by atoms with E-state index in [2.05, 4.69) is 25.3 Å². The molecule has 0 radical (unpaired) electrons. The van der Waals surface area contributed by atoms with Crippen LogP contribution in [0.2, 0.25) is 0 Å². The van der Waals surface area contributed by atoms with Gasteiger partial charge >= 0.3 is 6.36 Å². The Bertz CT molecular complexity index is 1510. The summed E-state index contributed by atoms with van der Waals surface area (Å²) in [7, 11) is 5.10. The number of nitrogens with zero attached hydrogens (tertiary/aromatic N) is 4. The van der Waals surface area contributed by atoms with Crippen molar-refractivity contribution >= 4 is 55.5 Å². The van der Waals surface area contributed by atoms with Gasteiger partial charge in [0.05, 0.1) is 21.3 Å². The number of rotatable bonds is 6. The lowest BCUT2D eigenvalue weighted by Gasteiger charge is -2.21. The first-order chi connectivity index (χ1) is 16.9. The number of carbonyl (C=O) groups is 2. The summed E-state index contributed by atoms with van der Waals surface area (Å²) in [6, 6.07) is 9.00. The minimum Gasteiger partial charge on any atom is -0.406 e. The fourth-order valence-electron chi connectivity index (χ4n) is 3.94. The zero-order chi connectivity index (χ0) is 25.8. The number of imidazole rings is 1. The van der Waals surface area contributed by atoms with Crippen LogP contribution >= 0.6 is 11.3 Å². The average molecular weight is 519 g/mol. The molecule has 2 aromatic carbocycles. The lowest BCUT2D eigenvalue weighted by Crippen LogP contribution is -2.48. The molecular formula is C23H21F3N6O3S. The molecule has 2 amide bonds. The first kappa shape index (κ1) is 23.9. The topological polar surface area (TPSA) is 101 Å². The van der Waals surface area contributed by atoms with Crippen LogP contribution in [-0.2, 0) is 11.8 Å². The van der Waals surface area contributed by atoms with Crippen molar-refractivity contribution in [2.24, 2.45) is 7.05 Å². The number of amides is 2. The molecule has 2 aromatic heterocycles. The minimum atomic E-state index is -4.77. The van der Waals surface area contributed by atoms with E-state index < -0.39 is 11.9 Å². The van der Waals surface area contributed by atoms with E-state index in [4.69, 9.17) is 0 Å². The van der Waals surface area contributed by atoms with Crippen LogP contribution in [0.25, 0.3) is 21.3 Å². The highest BCUT2D eigenvalue weighted by molar-refractivity contribution is 7.22. The number of ether oxygens (including phenoxy) is 1. The molecule has 1 aliphatic carbocycles. The molecule has 5 rings (SSSR count). The van der Waals surface area contributed by atoms with Gasteiger partial charge in [-0.15, -0.1) is 13.2 Å². The second-order valence-electron chi connectivity index (χ2n) is 8.76. The monoisotopic (exact) mass is 518 g/mol. The number of halogens is 3. The number of benzene rings is 2. The van der Waals surface area contributed by atoms with E-state index >= 15 is 0 Å². The molecule has 0 saturated heterocycles. The summed E-state index contributed by atoms with van der Waals surface area (Å²) < 4.78 is 43.8. The molecular weight excluding hydrogens is 497 g/mol. The molecule has 9 nitrogen and oxygen atoms in total. The quantitative estimate of drug-likeness (QED) is 0.397. The van der Waals surface area contributed by atoms with Crippen molar-refractivity contribution in [1.82, 2.24) is 24.8 Å². The van der Waals surface area contributed by atoms with E-state index in [1.807, 2.05) is 0 Å². The molecule has 4 aromatic rings. The molecule has 0 atom stereocenters. The van der Waals surface area contributed by atoms with Crippen LogP contribution in [0.5, 0.6) is 5.75 Å². The van der Waals surface area contributed by atoms with Crippen molar-refractivity contribution in [3.63, 3.8) is 0 Å². The summed E-state index contributed by atoms with van der Waals surface area (Å²) in [5.74, 6) is -0.365. The van der Waals surface area contributed by atoms with Crippen LogP contribution in [0.15, 0.2) is 36.4 Å². The fourth-order valence-corrected chi connectivity index (χ4v) is 4.83. The minimum absolute atomic E-state index is 0.130. The van der Waals surface area contributed by atoms with Crippen LogP contribution in [0, 0.1) is 0 Å². The zero-order valence-electron chi connectivity index (χ0n) is 19.4. The lowest BCUT2D eigenvalue weighted by atomic mass is 10.1. The van der Waals surface area contributed by atoms with E-state index in [1.165, 1.54) is 23.1 Å². The molecule has 13 heteroatoms. The number of alkyl halides is 3. The van der Waals surface area contributed by atoms with E-state index in [-0.39, 0.29) is 17.6 Å². The van der Waals surface area contributed by atoms with Gasteiger partial charge in [-0.05, 0) is 43.2 Å². The standard InChI is InChI=1S/C23H21F3N6O3S/c1-31(2)19(34)22(8-9-22)30-18(33)12-4-7-16-15(10-12)27-20(32(16)3)29-21-28-14-6-5-13(11-17(14)36-21)35-23(24,25)26/h4-7,10-11H,8-9H2,1-3H3,(H,30,33)(H,27,28,29). The van der Waals surface area contributed by atoms with Crippen molar-refractivity contribution < 1.29 is 27.5 Å². The van der Waals surface area contributed by atoms with Gasteiger partial charge in [0.2, 0.25) is 11.9 Å². The Morgan fingerprint density at radius 3 is 2.53 bits per heavy atom. The Morgan fingerprint density at radius 2 is 1.86 bits per heavy atom. The van der Waals surface area contributed by atoms with Gasteiger partial charge in [0, 0.05) is 32.8 Å². The third-order valence-corrected chi connectivity index (χ3v) is 6.81. The molecule has 0 bridgehead atoms. The van der Waals surface area contributed by atoms with E-state index in [0.717, 1.165) is 16.9 Å². The predicted octanol–water partition coefficient (Wildman–Crippen LogP) is 4.18. The van der Waals surface area contributed by atoms with Crippen molar-refractivity contribution in [2.45, 2.75) is 24.7 Å². The summed E-state index contributed by atoms with van der Waals surface area (Å²) in [6.07, 6.45) is -3.58. The smallest absolute Gasteiger partial charge is 0.406 e. The molecule has 1 fully saturated rings. The van der Waals surface area contributed by atoms with Crippen LogP contribution in [0.4, 0.5) is 24.3 Å².